The summed E-state index contributed by atoms with van der Waals surface area (Å²) in [7, 11) is 4.31. The van der Waals surface area contributed by atoms with Gasteiger partial charge in [-0.3, -0.25) is 0 Å². The second kappa shape index (κ2) is 11.7. The van der Waals surface area contributed by atoms with E-state index in [4.69, 9.17) is 11.6 Å². The first kappa shape index (κ1) is 24.6. The van der Waals surface area contributed by atoms with Gasteiger partial charge in [0.1, 0.15) is 0 Å². The van der Waals surface area contributed by atoms with Gasteiger partial charge < -0.3 is 10.2 Å². The number of aryl methyl sites for hydroxylation is 1. The standard InChI is InChI=1S/C26H38ClN3S/c1-5-26(25-9-7-6-8-21(25)2,16-19-30-17-14-23(28-3)15-18-30)20-29(4)31-24-12-10-22(27)11-13-24/h6-13,23,28H,5,14-20H2,1-4H3. The van der Waals surface area contributed by atoms with Crippen LogP contribution in [0.25, 0.3) is 0 Å². The number of hydrogen-bond donors (Lipinski definition) is 1. The minimum atomic E-state index is 0.138. The van der Waals surface area contributed by atoms with E-state index < -0.39 is 0 Å². The van der Waals surface area contributed by atoms with E-state index in [9.17, 15) is 0 Å². The molecule has 1 heterocycles. The molecule has 3 rings (SSSR count). The third kappa shape index (κ3) is 6.72. The molecule has 0 aliphatic carbocycles. The van der Waals surface area contributed by atoms with Crippen LogP contribution in [-0.2, 0) is 5.41 Å². The average molecular weight is 460 g/mol. The first-order valence-electron chi connectivity index (χ1n) is 11.6. The van der Waals surface area contributed by atoms with Gasteiger partial charge >= 0.3 is 0 Å². The van der Waals surface area contributed by atoms with E-state index in [0.717, 1.165) is 24.5 Å². The summed E-state index contributed by atoms with van der Waals surface area (Å²) in [5.74, 6) is 0. The van der Waals surface area contributed by atoms with Gasteiger partial charge in [0.25, 0.3) is 0 Å². The molecular weight excluding hydrogens is 422 g/mol. The van der Waals surface area contributed by atoms with Gasteiger partial charge in [-0.25, -0.2) is 4.31 Å². The van der Waals surface area contributed by atoms with Crippen LogP contribution in [0.5, 0.6) is 0 Å². The Labute approximate surface area is 198 Å². The first-order valence-corrected chi connectivity index (χ1v) is 12.7. The number of hydrogen-bond acceptors (Lipinski definition) is 4. The van der Waals surface area contributed by atoms with Gasteiger partial charge in [-0.1, -0.05) is 42.8 Å². The number of halogens is 1. The van der Waals surface area contributed by atoms with Gasteiger partial charge in [-0.15, -0.1) is 0 Å². The van der Waals surface area contributed by atoms with E-state index >= 15 is 0 Å². The van der Waals surface area contributed by atoms with Crippen molar-refractivity contribution in [2.75, 3.05) is 40.3 Å². The van der Waals surface area contributed by atoms with E-state index in [1.807, 2.05) is 24.1 Å². The van der Waals surface area contributed by atoms with Crippen molar-refractivity contribution in [1.82, 2.24) is 14.5 Å². The van der Waals surface area contributed by atoms with Crippen molar-refractivity contribution < 1.29 is 0 Å². The summed E-state index contributed by atoms with van der Waals surface area (Å²) in [6.07, 6.45) is 4.83. The zero-order chi connectivity index (χ0) is 22.3. The SMILES string of the molecule is CCC(CCN1CCC(NC)CC1)(CN(C)Sc1ccc(Cl)cc1)c1ccccc1C. The molecule has 3 nitrogen and oxygen atoms in total. The number of likely N-dealkylation sites (N-methyl/N-ethyl adjacent to an activating group) is 1. The van der Waals surface area contributed by atoms with Crippen molar-refractivity contribution in [3.63, 3.8) is 0 Å². The lowest BCUT2D eigenvalue weighted by molar-refractivity contribution is 0.175. The summed E-state index contributed by atoms with van der Waals surface area (Å²) in [5.41, 5.74) is 3.05. The maximum Gasteiger partial charge on any atom is 0.0406 e. The van der Waals surface area contributed by atoms with E-state index in [2.05, 4.69) is 78.9 Å². The maximum atomic E-state index is 6.08. The van der Waals surface area contributed by atoms with Gasteiger partial charge in [0.2, 0.25) is 0 Å². The van der Waals surface area contributed by atoms with Gasteiger partial charge in [0.05, 0.1) is 0 Å². The van der Waals surface area contributed by atoms with E-state index in [-0.39, 0.29) is 5.41 Å². The molecule has 0 saturated carbocycles. The molecule has 1 unspecified atom stereocenters. The van der Waals surface area contributed by atoms with Crippen LogP contribution in [0.3, 0.4) is 0 Å². The molecule has 1 N–H and O–H groups in total. The molecule has 0 spiro atoms. The quantitative estimate of drug-likeness (QED) is 0.438. The molecule has 2 aromatic rings. The molecule has 0 aromatic heterocycles. The fourth-order valence-corrected chi connectivity index (χ4v) is 5.95. The Morgan fingerprint density at radius 1 is 1.13 bits per heavy atom. The lowest BCUT2D eigenvalue weighted by atomic mass is 9.73. The van der Waals surface area contributed by atoms with Gasteiger partial charge in [0, 0.05) is 27.9 Å². The largest absolute Gasteiger partial charge is 0.317 e. The van der Waals surface area contributed by atoms with Crippen LogP contribution in [-0.4, -0.2) is 55.5 Å². The van der Waals surface area contributed by atoms with E-state index in [1.165, 1.54) is 48.4 Å². The summed E-state index contributed by atoms with van der Waals surface area (Å²) in [5, 5.41) is 4.24. The Morgan fingerprint density at radius 2 is 1.81 bits per heavy atom. The Kier molecular flexibility index (Phi) is 9.30. The lowest BCUT2D eigenvalue weighted by Gasteiger charge is -2.40. The summed E-state index contributed by atoms with van der Waals surface area (Å²) in [6, 6.07) is 17.8. The second-order valence-corrected chi connectivity index (χ2v) is 10.6. The van der Waals surface area contributed by atoms with Crippen LogP contribution in [0, 0.1) is 6.92 Å². The Hall–Kier alpha value is -1.04. The Morgan fingerprint density at radius 3 is 2.42 bits per heavy atom. The van der Waals surface area contributed by atoms with Crippen molar-refractivity contribution in [2.24, 2.45) is 0 Å². The van der Waals surface area contributed by atoms with Gasteiger partial charge in [-0.05, 0) is 114 Å². The highest BCUT2D eigenvalue weighted by atomic mass is 35.5. The monoisotopic (exact) mass is 459 g/mol. The van der Waals surface area contributed by atoms with Crippen LogP contribution in [0.4, 0.5) is 0 Å². The highest BCUT2D eigenvalue weighted by molar-refractivity contribution is 7.97. The zero-order valence-electron chi connectivity index (χ0n) is 19.5. The van der Waals surface area contributed by atoms with Gasteiger partial charge in [-0.2, -0.15) is 0 Å². The molecular formula is C26H38ClN3S. The topological polar surface area (TPSA) is 18.5 Å². The molecule has 5 heteroatoms. The van der Waals surface area contributed by atoms with Crippen molar-refractivity contribution in [3.8, 4) is 0 Å². The minimum absolute atomic E-state index is 0.138. The predicted octanol–water partition coefficient (Wildman–Crippen LogP) is 6.01. The number of rotatable bonds is 10. The number of piperidine rings is 1. The maximum absolute atomic E-state index is 6.08. The van der Waals surface area contributed by atoms with Crippen molar-refractivity contribution in [2.45, 2.75) is 55.9 Å². The molecule has 1 atom stereocenters. The Balaban J connectivity index is 1.75. The molecule has 31 heavy (non-hydrogen) atoms. The number of benzene rings is 2. The van der Waals surface area contributed by atoms with E-state index in [1.54, 1.807) is 0 Å². The Bertz CT molecular complexity index is 805. The summed E-state index contributed by atoms with van der Waals surface area (Å²) in [6.45, 7) is 9.22. The molecule has 1 fully saturated rings. The molecule has 1 aliphatic rings. The van der Waals surface area contributed by atoms with Crippen LogP contribution in [0.15, 0.2) is 53.4 Å². The van der Waals surface area contributed by atoms with E-state index in [0.29, 0.717) is 6.04 Å². The fraction of sp³-hybridized carbons (Fsp3) is 0.538. The lowest BCUT2D eigenvalue weighted by Crippen LogP contribution is -2.44. The number of nitrogens with one attached hydrogen (secondary N) is 1. The smallest absolute Gasteiger partial charge is 0.0406 e. The van der Waals surface area contributed by atoms with Crippen LogP contribution in [0.2, 0.25) is 5.02 Å². The summed E-state index contributed by atoms with van der Waals surface area (Å²) >= 11 is 7.89. The third-order valence-corrected chi connectivity index (χ3v) is 8.07. The molecule has 2 aromatic carbocycles. The van der Waals surface area contributed by atoms with Crippen molar-refractivity contribution in [1.29, 1.82) is 0 Å². The van der Waals surface area contributed by atoms with Crippen LogP contribution in [0.1, 0.15) is 43.7 Å². The fourth-order valence-electron chi connectivity index (χ4n) is 4.90. The van der Waals surface area contributed by atoms with Crippen molar-refractivity contribution in [3.05, 3.63) is 64.7 Å². The molecule has 0 bridgehead atoms. The summed E-state index contributed by atoms with van der Waals surface area (Å²) in [4.78, 5) is 3.90. The van der Waals surface area contributed by atoms with Gasteiger partial charge in [0.15, 0.2) is 0 Å². The highest BCUT2D eigenvalue weighted by Gasteiger charge is 2.34. The van der Waals surface area contributed by atoms with Crippen molar-refractivity contribution >= 4 is 23.5 Å². The number of likely N-dealkylation sites (tertiary alicyclic amines) is 1. The van der Waals surface area contributed by atoms with Crippen LogP contribution >= 0.6 is 23.5 Å². The first-order chi connectivity index (χ1) is 15.0. The average Bonchev–Trinajstić information content (AvgIpc) is 2.79. The second-order valence-electron chi connectivity index (χ2n) is 8.93. The summed E-state index contributed by atoms with van der Waals surface area (Å²) < 4.78 is 2.41. The molecule has 170 valence electrons. The minimum Gasteiger partial charge on any atom is -0.317 e. The zero-order valence-corrected chi connectivity index (χ0v) is 21.1. The predicted molar refractivity (Wildman–Crippen MR) is 136 cm³/mol. The molecule has 1 saturated heterocycles. The normalized spacial score (nSPS) is 17.7. The van der Waals surface area contributed by atoms with Crippen LogP contribution < -0.4 is 5.32 Å². The number of nitrogens with zero attached hydrogens (tertiary/aromatic N) is 2. The third-order valence-electron chi connectivity index (χ3n) is 6.90. The molecule has 0 amide bonds. The molecule has 1 aliphatic heterocycles. The molecule has 0 radical (unpaired) electrons. The highest BCUT2D eigenvalue weighted by Crippen LogP contribution is 2.37.